The Kier molecular flexibility index (Phi) is 5.57. The molecule has 2 amide bonds. The van der Waals surface area contributed by atoms with Crippen LogP contribution in [0, 0.1) is 0 Å². The fourth-order valence-electron chi connectivity index (χ4n) is 3.28. The number of sulfonamides is 1. The molecule has 1 aliphatic heterocycles. The molecule has 11 heteroatoms. The zero-order valence-corrected chi connectivity index (χ0v) is 16.6. The summed E-state index contributed by atoms with van der Waals surface area (Å²) >= 11 is 5.94. The van der Waals surface area contributed by atoms with E-state index in [1.54, 1.807) is 0 Å². The van der Waals surface area contributed by atoms with Crippen molar-refractivity contribution in [3.05, 3.63) is 28.8 Å². The number of halogens is 3. The van der Waals surface area contributed by atoms with Crippen molar-refractivity contribution in [1.29, 1.82) is 0 Å². The first-order valence-electron chi connectivity index (χ1n) is 8.65. The predicted molar refractivity (Wildman–Crippen MR) is 100 cm³/mol. The van der Waals surface area contributed by atoms with Crippen molar-refractivity contribution < 1.29 is 27.1 Å². The quantitative estimate of drug-likeness (QED) is 0.499. The molecule has 1 fully saturated rings. The Bertz CT molecular complexity index is 937. The number of alkyl halides is 2. The van der Waals surface area contributed by atoms with Crippen molar-refractivity contribution in [2.75, 3.05) is 18.4 Å². The number of phenolic OH excluding ortho intramolecular Hbond substituents is 1. The summed E-state index contributed by atoms with van der Waals surface area (Å²) in [6.07, 6.45) is 2.97. The van der Waals surface area contributed by atoms with E-state index in [1.165, 1.54) is 12.1 Å². The fraction of sp³-hybridized carbons (Fsp3) is 0.471. The average Bonchev–Trinajstić information content (AvgIpc) is 3.16. The van der Waals surface area contributed by atoms with E-state index in [4.69, 9.17) is 11.6 Å². The highest BCUT2D eigenvalue weighted by molar-refractivity contribution is 7.89. The Morgan fingerprint density at radius 1 is 1.39 bits per heavy atom. The number of rotatable bonds is 4. The van der Waals surface area contributed by atoms with Gasteiger partial charge in [0.15, 0.2) is 5.75 Å². The van der Waals surface area contributed by atoms with Crippen LogP contribution in [0.15, 0.2) is 28.7 Å². The first-order chi connectivity index (χ1) is 13.0. The van der Waals surface area contributed by atoms with Crippen LogP contribution in [-0.2, 0) is 10.0 Å². The van der Waals surface area contributed by atoms with Gasteiger partial charge in [-0.05, 0) is 31.9 Å². The average molecular weight is 436 g/mol. The second-order valence-corrected chi connectivity index (χ2v) is 9.18. The van der Waals surface area contributed by atoms with Gasteiger partial charge in [0.05, 0.1) is 23.3 Å². The van der Waals surface area contributed by atoms with Crippen molar-refractivity contribution in [2.24, 2.45) is 0 Å². The van der Waals surface area contributed by atoms with Gasteiger partial charge in [0.2, 0.25) is 10.0 Å². The molecule has 3 N–H and O–H groups in total. The first kappa shape index (κ1) is 20.8. The van der Waals surface area contributed by atoms with Crippen LogP contribution in [0.2, 0.25) is 5.02 Å². The van der Waals surface area contributed by atoms with Crippen molar-refractivity contribution >= 4 is 33.3 Å². The highest BCUT2D eigenvalue weighted by atomic mass is 35.5. The van der Waals surface area contributed by atoms with E-state index < -0.39 is 52.1 Å². The van der Waals surface area contributed by atoms with Crippen molar-refractivity contribution in [2.45, 2.75) is 43.0 Å². The standard InChI is InChI=1S/C17H20ClF2N3O4S/c1-10-3-2-4-12(10)21-16(25)22-13-6-5-11(18)15(14(13)24)28(26,27)23-8-7-17(19,20)9-23/h3,5-6,12,24H,2,4,7-9H2,1H3,(H2,21,22,25). The van der Waals surface area contributed by atoms with Crippen LogP contribution in [0.5, 0.6) is 5.75 Å². The fourth-order valence-corrected chi connectivity index (χ4v) is 5.34. The highest BCUT2D eigenvalue weighted by Gasteiger charge is 2.45. The highest BCUT2D eigenvalue weighted by Crippen LogP contribution is 2.40. The van der Waals surface area contributed by atoms with Gasteiger partial charge in [0.25, 0.3) is 5.92 Å². The molecule has 154 valence electrons. The lowest BCUT2D eigenvalue weighted by molar-refractivity contribution is 0.0183. The largest absolute Gasteiger partial charge is 0.504 e. The monoisotopic (exact) mass is 435 g/mol. The van der Waals surface area contributed by atoms with E-state index in [9.17, 15) is 27.1 Å². The molecule has 0 saturated carbocycles. The maximum absolute atomic E-state index is 13.4. The van der Waals surface area contributed by atoms with Crippen LogP contribution in [0.25, 0.3) is 0 Å². The minimum absolute atomic E-state index is 0.149. The SMILES string of the molecule is CC1=CCCC1NC(=O)Nc1ccc(Cl)c(S(=O)(=O)N2CCC(F)(F)C2)c1O. The number of aromatic hydroxyl groups is 1. The van der Waals surface area contributed by atoms with Crippen LogP contribution < -0.4 is 10.6 Å². The number of benzene rings is 1. The van der Waals surface area contributed by atoms with Gasteiger partial charge in [-0.25, -0.2) is 22.0 Å². The van der Waals surface area contributed by atoms with E-state index in [1.807, 2.05) is 13.0 Å². The van der Waals surface area contributed by atoms with Crippen LogP contribution in [-0.4, -0.2) is 48.9 Å². The van der Waals surface area contributed by atoms with Gasteiger partial charge in [-0.2, -0.15) is 4.31 Å². The number of allylic oxidation sites excluding steroid dienone is 1. The Hall–Kier alpha value is -1.91. The first-order valence-corrected chi connectivity index (χ1v) is 10.5. The van der Waals surface area contributed by atoms with Crippen molar-refractivity contribution in [3.63, 3.8) is 0 Å². The van der Waals surface area contributed by atoms with E-state index in [-0.39, 0.29) is 16.8 Å². The number of phenols is 1. The number of hydrogen-bond donors (Lipinski definition) is 3. The number of hydrogen-bond acceptors (Lipinski definition) is 4. The van der Waals surface area contributed by atoms with Gasteiger partial charge in [0, 0.05) is 13.0 Å². The third kappa shape index (κ3) is 4.08. The zero-order chi connectivity index (χ0) is 20.7. The number of carbonyl (C=O) groups is 1. The van der Waals surface area contributed by atoms with Gasteiger partial charge in [0.1, 0.15) is 4.90 Å². The number of amides is 2. The summed E-state index contributed by atoms with van der Waals surface area (Å²) < 4.78 is 52.9. The van der Waals surface area contributed by atoms with E-state index in [0.29, 0.717) is 4.31 Å². The number of anilines is 1. The Balaban J connectivity index is 1.84. The molecule has 28 heavy (non-hydrogen) atoms. The summed E-state index contributed by atoms with van der Waals surface area (Å²) in [5, 5.41) is 15.2. The Morgan fingerprint density at radius 3 is 2.68 bits per heavy atom. The minimum atomic E-state index is -4.47. The second kappa shape index (κ2) is 7.49. The van der Waals surface area contributed by atoms with E-state index in [0.717, 1.165) is 18.4 Å². The predicted octanol–water partition coefficient (Wildman–Crippen LogP) is 3.31. The van der Waals surface area contributed by atoms with Gasteiger partial charge in [-0.1, -0.05) is 23.3 Å². The Morgan fingerprint density at radius 2 is 2.11 bits per heavy atom. The summed E-state index contributed by atoms with van der Waals surface area (Å²) in [6, 6.07) is 1.64. The molecular weight excluding hydrogens is 416 g/mol. The van der Waals surface area contributed by atoms with Crippen LogP contribution in [0.4, 0.5) is 19.3 Å². The van der Waals surface area contributed by atoms with Gasteiger partial charge in [-0.15, -0.1) is 0 Å². The number of carbonyl (C=O) groups excluding carboxylic acids is 1. The number of nitrogens with one attached hydrogen (secondary N) is 2. The van der Waals surface area contributed by atoms with Crippen molar-refractivity contribution in [3.8, 4) is 5.75 Å². The Labute approximate surface area is 166 Å². The molecule has 1 atom stereocenters. The zero-order valence-electron chi connectivity index (χ0n) is 15.0. The molecule has 7 nitrogen and oxygen atoms in total. The van der Waals surface area contributed by atoms with Crippen molar-refractivity contribution in [1.82, 2.24) is 9.62 Å². The summed E-state index contributed by atoms with van der Waals surface area (Å²) in [6.45, 7) is 0.501. The lowest BCUT2D eigenvalue weighted by Gasteiger charge is -2.20. The normalized spacial score (nSPS) is 22.1. The summed E-state index contributed by atoms with van der Waals surface area (Å²) in [4.78, 5) is 11.5. The molecule has 1 unspecified atom stereocenters. The third-order valence-electron chi connectivity index (χ3n) is 4.84. The molecule has 3 rings (SSSR count). The molecule has 1 saturated heterocycles. The van der Waals surface area contributed by atoms with Gasteiger partial charge < -0.3 is 15.7 Å². The van der Waals surface area contributed by atoms with Crippen LogP contribution in [0.3, 0.4) is 0 Å². The minimum Gasteiger partial charge on any atom is -0.504 e. The summed E-state index contributed by atoms with van der Waals surface area (Å²) in [7, 11) is -4.47. The third-order valence-corrected chi connectivity index (χ3v) is 7.19. The molecular formula is C17H20ClF2N3O4S. The van der Waals surface area contributed by atoms with Crippen LogP contribution >= 0.6 is 11.6 Å². The number of urea groups is 1. The number of nitrogens with zero attached hydrogens (tertiary/aromatic N) is 1. The topological polar surface area (TPSA) is 98.7 Å². The maximum Gasteiger partial charge on any atom is 0.319 e. The molecule has 1 heterocycles. The molecule has 1 aromatic rings. The smallest absolute Gasteiger partial charge is 0.319 e. The van der Waals surface area contributed by atoms with E-state index >= 15 is 0 Å². The molecule has 0 aromatic heterocycles. The molecule has 0 spiro atoms. The van der Waals surface area contributed by atoms with E-state index in [2.05, 4.69) is 10.6 Å². The summed E-state index contributed by atoms with van der Waals surface area (Å²) in [5.41, 5.74) is 0.819. The molecule has 2 aliphatic rings. The molecule has 1 aliphatic carbocycles. The lowest BCUT2D eigenvalue weighted by atomic mass is 10.2. The molecule has 1 aromatic carbocycles. The maximum atomic E-state index is 13.4. The van der Waals surface area contributed by atoms with Gasteiger partial charge in [-0.3, -0.25) is 0 Å². The lowest BCUT2D eigenvalue weighted by Crippen LogP contribution is -2.37. The van der Waals surface area contributed by atoms with Gasteiger partial charge >= 0.3 is 6.03 Å². The molecule has 0 radical (unpaired) electrons. The summed E-state index contributed by atoms with van der Waals surface area (Å²) in [5.74, 6) is -3.94. The molecule has 0 bridgehead atoms. The second-order valence-electron chi connectivity index (χ2n) is 6.89. The van der Waals surface area contributed by atoms with Crippen LogP contribution in [0.1, 0.15) is 26.2 Å².